The molecule has 0 spiro atoms. The number of nitrogens with two attached hydrogens (primary N) is 1. The molecule has 1 fully saturated rings. The maximum absolute atomic E-state index is 5.55. The molecule has 2 rings (SSSR count). The highest BCUT2D eigenvalue weighted by Gasteiger charge is 2.20. The van der Waals surface area contributed by atoms with Crippen LogP contribution in [0.5, 0.6) is 5.88 Å². The Bertz CT molecular complexity index is 299. The normalized spacial score (nSPS) is 15.5. The highest BCUT2D eigenvalue weighted by atomic mass is 16.5. The topological polar surface area (TPSA) is 61.0 Å². The monoisotopic (exact) mass is 193 g/mol. The third-order valence-electron chi connectivity index (χ3n) is 2.45. The first-order valence-electron chi connectivity index (χ1n) is 5.03. The van der Waals surface area contributed by atoms with E-state index in [2.05, 4.69) is 10.2 Å². The van der Waals surface area contributed by atoms with Gasteiger partial charge in [-0.15, -0.1) is 5.10 Å². The predicted octanol–water partition coefficient (Wildman–Crippen LogP) is 1.11. The lowest BCUT2D eigenvalue weighted by atomic mass is 10.3. The van der Waals surface area contributed by atoms with Crippen molar-refractivity contribution < 1.29 is 4.74 Å². The van der Waals surface area contributed by atoms with E-state index >= 15 is 0 Å². The lowest BCUT2D eigenvalue weighted by molar-refractivity contribution is 0.285. The van der Waals surface area contributed by atoms with Gasteiger partial charge in [0, 0.05) is 12.1 Å². The van der Waals surface area contributed by atoms with Crippen LogP contribution in [0.1, 0.15) is 24.8 Å². The average Bonchev–Trinajstić information content (AvgIpc) is 3.03. The van der Waals surface area contributed by atoms with Crippen molar-refractivity contribution in [3.05, 3.63) is 17.8 Å². The molecule has 2 N–H and O–H groups in total. The summed E-state index contributed by atoms with van der Waals surface area (Å²) in [5, 5.41) is 7.69. The number of aromatic nitrogens is 2. The molecule has 0 bridgehead atoms. The van der Waals surface area contributed by atoms with Gasteiger partial charge >= 0.3 is 0 Å². The number of nitrogens with zero attached hydrogens (tertiary/aromatic N) is 2. The van der Waals surface area contributed by atoms with Gasteiger partial charge < -0.3 is 10.5 Å². The van der Waals surface area contributed by atoms with Crippen LogP contribution in [0.15, 0.2) is 12.3 Å². The first kappa shape index (κ1) is 9.40. The Morgan fingerprint density at radius 1 is 1.50 bits per heavy atom. The fourth-order valence-corrected chi connectivity index (χ4v) is 1.35. The van der Waals surface area contributed by atoms with Crippen molar-refractivity contribution in [3.63, 3.8) is 0 Å². The highest BCUT2D eigenvalue weighted by Crippen LogP contribution is 2.32. The van der Waals surface area contributed by atoms with Gasteiger partial charge in [0.05, 0.1) is 12.8 Å². The van der Waals surface area contributed by atoms with Crippen molar-refractivity contribution in [2.24, 2.45) is 11.7 Å². The molecule has 76 valence electrons. The van der Waals surface area contributed by atoms with Gasteiger partial charge in [0.15, 0.2) is 0 Å². The van der Waals surface area contributed by atoms with E-state index in [-0.39, 0.29) is 0 Å². The smallest absolute Gasteiger partial charge is 0.237 e. The first-order valence-corrected chi connectivity index (χ1v) is 5.03. The second-order valence-electron chi connectivity index (χ2n) is 3.65. The van der Waals surface area contributed by atoms with E-state index in [4.69, 9.17) is 10.5 Å². The fraction of sp³-hybridized carbons (Fsp3) is 0.600. The lowest BCUT2D eigenvalue weighted by Gasteiger charge is -2.06. The molecular formula is C10H15N3O. The Morgan fingerprint density at radius 3 is 3.07 bits per heavy atom. The molecule has 0 aromatic carbocycles. The number of ether oxygens (including phenoxy) is 1. The minimum absolute atomic E-state index is 0.453. The molecule has 0 atom stereocenters. The Kier molecular flexibility index (Phi) is 2.93. The fourth-order valence-electron chi connectivity index (χ4n) is 1.35. The Hall–Kier alpha value is -1.16. The van der Waals surface area contributed by atoms with Crippen LogP contribution in [-0.2, 0) is 6.54 Å². The molecule has 1 aromatic rings. The summed E-state index contributed by atoms with van der Waals surface area (Å²) >= 11 is 0. The van der Waals surface area contributed by atoms with Gasteiger partial charge in [-0.3, -0.25) is 0 Å². The molecule has 1 aliphatic rings. The quantitative estimate of drug-likeness (QED) is 0.761. The van der Waals surface area contributed by atoms with Crippen LogP contribution < -0.4 is 10.5 Å². The van der Waals surface area contributed by atoms with Crippen molar-refractivity contribution in [1.29, 1.82) is 0 Å². The van der Waals surface area contributed by atoms with Crippen LogP contribution in [0.25, 0.3) is 0 Å². The van der Waals surface area contributed by atoms with E-state index in [1.54, 1.807) is 6.20 Å². The van der Waals surface area contributed by atoms with E-state index in [0.29, 0.717) is 12.4 Å². The van der Waals surface area contributed by atoms with Gasteiger partial charge in [-0.2, -0.15) is 5.10 Å². The van der Waals surface area contributed by atoms with Gasteiger partial charge in [0.2, 0.25) is 5.88 Å². The zero-order chi connectivity index (χ0) is 9.80. The summed E-state index contributed by atoms with van der Waals surface area (Å²) in [7, 11) is 0. The van der Waals surface area contributed by atoms with Crippen LogP contribution >= 0.6 is 0 Å². The summed E-state index contributed by atoms with van der Waals surface area (Å²) in [6.07, 6.45) is 5.47. The van der Waals surface area contributed by atoms with Gasteiger partial charge in [-0.05, 0) is 18.4 Å². The summed E-state index contributed by atoms with van der Waals surface area (Å²) in [4.78, 5) is 0. The maximum atomic E-state index is 5.55. The van der Waals surface area contributed by atoms with E-state index < -0.39 is 0 Å². The molecule has 4 nitrogen and oxygen atoms in total. The zero-order valence-corrected chi connectivity index (χ0v) is 8.15. The molecule has 0 aliphatic heterocycles. The summed E-state index contributed by atoms with van der Waals surface area (Å²) in [6.45, 7) is 1.19. The molecular weight excluding hydrogens is 178 g/mol. The van der Waals surface area contributed by atoms with Crippen molar-refractivity contribution in [2.45, 2.75) is 25.8 Å². The molecule has 1 aliphatic carbocycles. The number of hydrogen-bond donors (Lipinski definition) is 1. The second-order valence-corrected chi connectivity index (χ2v) is 3.65. The summed E-state index contributed by atoms with van der Waals surface area (Å²) in [6, 6.07) is 1.85. The minimum Gasteiger partial charge on any atom is -0.476 e. The molecule has 14 heavy (non-hydrogen) atoms. The highest BCUT2D eigenvalue weighted by molar-refractivity contribution is 5.22. The Morgan fingerprint density at radius 2 is 2.36 bits per heavy atom. The standard InChI is InChI=1S/C10H15N3O/c11-7-9-3-5-12-13-10(9)14-6-4-8-1-2-8/h3,5,8H,1-2,4,6-7,11H2. The van der Waals surface area contributed by atoms with Crippen molar-refractivity contribution >= 4 is 0 Å². The van der Waals surface area contributed by atoms with Crippen molar-refractivity contribution in [2.75, 3.05) is 6.61 Å². The number of rotatable bonds is 5. The van der Waals surface area contributed by atoms with Crippen LogP contribution in [0.2, 0.25) is 0 Å². The molecule has 1 aromatic heterocycles. The summed E-state index contributed by atoms with van der Waals surface area (Å²) < 4.78 is 5.53. The van der Waals surface area contributed by atoms with Crippen LogP contribution in [0.3, 0.4) is 0 Å². The van der Waals surface area contributed by atoms with E-state index in [1.807, 2.05) is 6.07 Å². The third-order valence-corrected chi connectivity index (χ3v) is 2.45. The second kappa shape index (κ2) is 4.37. The van der Waals surface area contributed by atoms with Gasteiger partial charge in [-0.25, -0.2) is 0 Å². The summed E-state index contributed by atoms with van der Waals surface area (Å²) in [5.74, 6) is 1.48. The SMILES string of the molecule is NCc1ccnnc1OCCC1CC1. The molecule has 0 radical (unpaired) electrons. The third kappa shape index (κ3) is 2.42. The average molecular weight is 193 g/mol. The number of hydrogen-bond acceptors (Lipinski definition) is 4. The summed E-state index contributed by atoms with van der Waals surface area (Å²) in [5.41, 5.74) is 6.47. The van der Waals surface area contributed by atoms with E-state index in [1.165, 1.54) is 12.8 Å². The minimum atomic E-state index is 0.453. The van der Waals surface area contributed by atoms with Crippen molar-refractivity contribution in [1.82, 2.24) is 10.2 Å². The zero-order valence-electron chi connectivity index (χ0n) is 8.15. The van der Waals surface area contributed by atoms with Gasteiger partial charge in [0.1, 0.15) is 0 Å². The van der Waals surface area contributed by atoms with Crippen LogP contribution in [0.4, 0.5) is 0 Å². The van der Waals surface area contributed by atoms with Crippen LogP contribution in [0, 0.1) is 5.92 Å². The van der Waals surface area contributed by atoms with E-state index in [0.717, 1.165) is 24.5 Å². The van der Waals surface area contributed by atoms with Gasteiger partial charge in [-0.1, -0.05) is 12.8 Å². The maximum Gasteiger partial charge on any atom is 0.237 e. The Balaban J connectivity index is 1.86. The molecule has 0 saturated heterocycles. The molecule has 1 saturated carbocycles. The predicted molar refractivity (Wildman–Crippen MR) is 52.8 cm³/mol. The van der Waals surface area contributed by atoms with E-state index in [9.17, 15) is 0 Å². The van der Waals surface area contributed by atoms with Gasteiger partial charge in [0.25, 0.3) is 0 Å². The molecule has 0 unspecified atom stereocenters. The molecule has 1 heterocycles. The molecule has 4 heteroatoms. The first-order chi connectivity index (χ1) is 6.90. The van der Waals surface area contributed by atoms with Crippen molar-refractivity contribution in [3.8, 4) is 5.88 Å². The lowest BCUT2D eigenvalue weighted by Crippen LogP contribution is -2.06. The molecule has 0 amide bonds. The largest absolute Gasteiger partial charge is 0.476 e. The van der Waals surface area contributed by atoms with Crippen LogP contribution in [-0.4, -0.2) is 16.8 Å². The Labute approximate surface area is 83.5 Å².